The summed E-state index contributed by atoms with van der Waals surface area (Å²) in [6.07, 6.45) is 2.83. The van der Waals surface area contributed by atoms with E-state index in [1.807, 2.05) is 6.08 Å². The van der Waals surface area contributed by atoms with Crippen LogP contribution in [0.25, 0.3) is 0 Å². The fraction of sp³-hybridized carbons (Fsp3) is 0.364. The van der Waals surface area contributed by atoms with Gasteiger partial charge in [-0.25, -0.2) is 0 Å². The lowest BCUT2D eigenvalue weighted by Gasteiger charge is -2.51. The molecule has 7 nitrogen and oxygen atoms in total. The second-order valence-electron chi connectivity index (χ2n) is 7.80. The number of halogens is 1. The Morgan fingerprint density at radius 2 is 2.07 bits per heavy atom. The molecule has 30 heavy (non-hydrogen) atoms. The Morgan fingerprint density at radius 1 is 1.33 bits per heavy atom. The van der Waals surface area contributed by atoms with Gasteiger partial charge in [0.05, 0.1) is 23.4 Å². The lowest BCUT2D eigenvalue weighted by atomic mass is 9.48. The van der Waals surface area contributed by atoms with Gasteiger partial charge in [-0.05, 0) is 42.3 Å². The Kier molecular flexibility index (Phi) is 4.70. The maximum Gasteiger partial charge on any atom is 0.238 e. The second kappa shape index (κ2) is 6.99. The number of carbonyl (C=O) groups excluding carboxylic acids is 1. The number of nitrogens with one attached hydrogen (secondary N) is 1. The summed E-state index contributed by atoms with van der Waals surface area (Å²) in [6, 6.07) is 11.6. The van der Waals surface area contributed by atoms with Gasteiger partial charge in [-0.1, -0.05) is 28.9 Å². The third-order valence-electron chi connectivity index (χ3n) is 6.46. The minimum atomic E-state index is -2.01. The van der Waals surface area contributed by atoms with Crippen molar-refractivity contribution < 1.29 is 4.79 Å². The summed E-state index contributed by atoms with van der Waals surface area (Å²) in [5, 5.41) is 33.3. The number of benzene rings is 1. The Labute approximate surface area is 183 Å². The summed E-state index contributed by atoms with van der Waals surface area (Å²) in [6.45, 7) is 3.93. The monoisotopic (exact) mass is 462 g/mol. The molecule has 1 aliphatic carbocycles. The summed E-state index contributed by atoms with van der Waals surface area (Å²) in [5.41, 5.74) is 4.55. The van der Waals surface area contributed by atoms with E-state index in [0.717, 1.165) is 17.4 Å². The molecular formula is C22H19BrN6O. The third-order valence-corrected chi connectivity index (χ3v) is 6.95. The molecule has 3 N–H and O–H groups in total. The molecular weight excluding hydrogens is 444 g/mol. The van der Waals surface area contributed by atoms with Crippen LogP contribution in [0.2, 0.25) is 0 Å². The number of nitriles is 3. The van der Waals surface area contributed by atoms with Crippen molar-refractivity contribution in [1.82, 2.24) is 4.90 Å². The number of hydrogen-bond donors (Lipinski definition) is 2. The van der Waals surface area contributed by atoms with E-state index in [9.17, 15) is 20.6 Å². The Bertz CT molecular complexity index is 1130. The third kappa shape index (κ3) is 2.28. The van der Waals surface area contributed by atoms with Crippen molar-refractivity contribution in [2.45, 2.75) is 18.8 Å². The van der Waals surface area contributed by atoms with Gasteiger partial charge < -0.3 is 11.1 Å². The van der Waals surface area contributed by atoms with Crippen LogP contribution in [0, 0.1) is 45.3 Å². The highest BCUT2D eigenvalue weighted by molar-refractivity contribution is 9.10. The van der Waals surface area contributed by atoms with Gasteiger partial charge in [0.1, 0.15) is 11.5 Å². The molecule has 2 aliphatic heterocycles. The van der Waals surface area contributed by atoms with Crippen LogP contribution in [0.4, 0.5) is 5.69 Å². The van der Waals surface area contributed by atoms with Gasteiger partial charge in [0.25, 0.3) is 0 Å². The zero-order valence-electron chi connectivity index (χ0n) is 16.4. The summed E-state index contributed by atoms with van der Waals surface area (Å²) < 4.78 is 0.724. The molecule has 0 saturated heterocycles. The molecule has 0 bridgehead atoms. The number of hydrogen-bond acceptors (Lipinski definition) is 6. The Balaban J connectivity index is 2.14. The molecule has 0 unspecified atom stereocenters. The number of rotatable bonds is 2. The van der Waals surface area contributed by atoms with Crippen molar-refractivity contribution in [1.29, 1.82) is 15.8 Å². The summed E-state index contributed by atoms with van der Waals surface area (Å²) in [7, 11) is 0. The van der Waals surface area contributed by atoms with Crippen molar-refractivity contribution >= 4 is 27.5 Å². The number of anilines is 1. The molecule has 4 rings (SSSR count). The van der Waals surface area contributed by atoms with E-state index in [1.54, 1.807) is 18.2 Å². The van der Waals surface area contributed by atoms with Crippen molar-refractivity contribution in [2.24, 2.45) is 17.1 Å². The van der Waals surface area contributed by atoms with E-state index in [1.165, 1.54) is 0 Å². The van der Waals surface area contributed by atoms with E-state index in [0.29, 0.717) is 29.9 Å². The zero-order valence-corrected chi connectivity index (χ0v) is 18.0. The number of amides is 1. The van der Waals surface area contributed by atoms with Crippen molar-refractivity contribution in [3.05, 3.63) is 51.2 Å². The Morgan fingerprint density at radius 3 is 2.70 bits per heavy atom. The molecule has 150 valence electrons. The highest BCUT2D eigenvalue weighted by Gasteiger charge is 2.71. The largest absolute Gasteiger partial charge is 0.399 e. The predicted octanol–water partition coefficient (Wildman–Crippen LogP) is 2.69. The van der Waals surface area contributed by atoms with E-state index < -0.39 is 22.7 Å². The fourth-order valence-electron chi connectivity index (χ4n) is 5.22. The number of carbonyl (C=O) groups is 1. The highest BCUT2D eigenvalue weighted by Crippen LogP contribution is 2.62. The van der Waals surface area contributed by atoms with E-state index in [-0.39, 0.29) is 11.3 Å². The molecule has 2 heterocycles. The van der Waals surface area contributed by atoms with Crippen LogP contribution in [-0.2, 0) is 10.2 Å². The average Bonchev–Trinajstić information content (AvgIpc) is 3.03. The maximum atomic E-state index is 13.7. The van der Waals surface area contributed by atoms with Crippen LogP contribution in [0.5, 0.6) is 0 Å². The van der Waals surface area contributed by atoms with Crippen LogP contribution in [-0.4, -0.2) is 30.4 Å². The number of nitrogens with zero attached hydrogens (tertiary/aromatic N) is 4. The van der Waals surface area contributed by atoms with Crippen LogP contribution in [0.1, 0.15) is 18.9 Å². The summed E-state index contributed by atoms with van der Waals surface area (Å²) in [5.74, 6) is -0.998. The molecule has 0 aromatic heterocycles. The fourth-order valence-corrected chi connectivity index (χ4v) is 5.58. The zero-order chi connectivity index (χ0) is 21.7. The van der Waals surface area contributed by atoms with E-state index in [2.05, 4.69) is 51.3 Å². The second-order valence-corrected chi connectivity index (χ2v) is 8.71. The van der Waals surface area contributed by atoms with E-state index in [4.69, 9.17) is 5.73 Å². The molecule has 1 spiro atoms. The highest BCUT2D eigenvalue weighted by atomic mass is 79.9. The molecule has 1 aromatic carbocycles. The lowest BCUT2D eigenvalue weighted by Crippen LogP contribution is -2.62. The first-order valence-corrected chi connectivity index (χ1v) is 10.5. The van der Waals surface area contributed by atoms with Crippen LogP contribution < -0.4 is 11.1 Å². The molecule has 1 amide bonds. The molecule has 0 saturated carbocycles. The minimum Gasteiger partial charge on any atom is -0.399 e. The van der Waals surface area contributed by atoms with Gasteiger partial charge in [0.2, 0.25) is 11.3 Å². The maximum absolute atomic E-state index is 13.7. The first-order chi connectivity index (χ1) is 14.4. The topological polar surface area (TPSA) is 130 Å². The summed E-state index contributed by atoms with van der Waals surface area (Å²) >= 11 is 3.46. The lowest BCUT2D eigenvalue weighted by molar-refractivity contribution is -0.125. The van der Waals surface area contributed by atoms with Gasteiger partial charge in [-0.3, -0.25) is 9.69 Å². The van der Waals surface area contributed by atoms with Crippen LogP contribution in [0.3, 0.4) is 0 Å². The van der Waals surface area contributed by atoms with Gasteiger partial charge in [0, 0.05) is 29.2 Å². The molecule has 0 radical (unpaired) electrons. The van der Waals surface area contributed by atoms with Crippen LogP contribution in [0.15, 0.2) is 45.6 Å². The van der Waals surface area contributed by atoms with Crippen LogP contribution >= 0.6 is 15.9 Å². The first-order valence-electron chi connectivity index (χ1n) is 9.68. The van der Waals surface area contributed by atoms with Crippen molar-refractivity contribution in [2.75, 3.05) is 25.0 Å². The molecule has 3 aliphatic rings. The van der Waals surface area contributed by atoms with Crippen molar-refractivity contribution in [3.63, 3.8) is 0 Å². The molecule has 1 aromatic rings. The van der Waals surface area contributed by atoms with Gasteiger partial charge >= 0.3 is 0 Å². The molecule has 0 fully saturated rings. The van der Waals surface area contributed by atoms with E-state index >= 15 is 0 Å². The SMILES string of the molecule is CCCN1CC=C2C(C#N)=C(N)C(C#N)(C#N)[C@]3(C(=O)Nc4ccc(Br)cc43)[C@H]2C1. The number of allylic oxidation sites excluding steroid dienone is 2. The standard InChI is InChI=1S/C22H19BrN6O/c1-2-6-29-7-5-14-15(9-24)19(27)21(11-25,12-26)22(17(14)10-29)16-8-13(23)3-4-18(16)28-20(22)30/h3-5,8,17H,2,6-7,10,27H2,1H3,(H,28,30)/t17-,22-/m0/s1. The first kappa shape index (κ1) is 20.2. The average molecular weight is 463 g/mol. The van der Waals surface area contributed by atoms with Gasteiger partial charge in [-0.15, -0.1) is 0 Å². The number of nitrogens with two attached hydrogens (primary N) is 1. The normalized spacial score (nSPS) is 26.7. The van der Waals surface area contributed by atoms with Crippen molar-refractivity contribution in [3.8, 4) is 18.2 Å². The quantitative estimate of drug-likeness (QED) is 0.694. The van der Waals surface area contributed by atoms with Gasteiger partial charge in [0.15, 0.2) is 0 Å². The smallest absolute Gasteiger partial charge is 0.238 e. The molecule has 2 atom stereocenters. The summed E-state index contributed by atoms with van der Waals surface area (Å²) in [4.78, 5) is 15.9. The number of fused-ring (bicyclic) bond motifs is 4. The molecule has 8 heteroatoms. The minimum absolute atomic E-state index is 0.140. The predicted molar refractivity (Wildman–Crippen MR) is 113 cm³/mol. The Hall–Kier alpha value is -3.12. The van der Waals surface area contributed by atoms with Gasteiger partial charge in [-0.2, -0.15) is 15.8 Å².